The molecule has 0 aliphatic rings. The van der Waals surface area contributed by atoms with Crippen LogP contribution in [-0.4, -0.2) is 19.9 Å². The molecular weight excluding hydrogens is 354 g/mol. The molecule has 0 fully saturated rings. The van der Waals surface area contributed by atoms with E-state index in [4.69, 9.17) is 12.2 Å². The first-order valence-corrected chi connectivity index (χ1v) is 9.26. The monoisotopic (exact) mass is 375 g/mol. The summed E-state index contributed by atoms with van der Waals surface area (Å²) in [4.78, 5) is 0. The Labute approximate surface area is 163 Å². The Morgan fingerprint density at radius 1 is 1.00 bits per heavy atom. The average Bonchev–Trinajstić information content (AvgIpc) is 3.02. The van der Waals surface area contributed by atoms with Crippen LogP contribution in [-0.2, 0) is 5.41 Å². The molecule has 4 nitrogen and oxygen atoms in total. The van der Waals surface area contributed by atoms with E-state index in [0.717, 1.165) is 22.0 Å². The highest BCUT2D eigenvalue weighted by molar-refractivity contribution is 7.71. The number of aromatic hydroxyl groups is 1. The summed E-state index contributed by atoms with van der Waals surface area (Å²) >= 11 is 5.53. The van der Waals surface area contributed by atoms with Crippen molar-refractivity contribution in [2.24, 2.45) is 0 Å². The molecule has 5 heteroatoms. The lowest BCUT2D eigenvalue weighted by Gasteiger charge is -2.20. The zero-order valence-corrected chi connectivity index (χ0v) is 16.3. The molecule has 0 spiro atoms. The van der Waals surface area contributed by atoms with Gasteiger partial charge in [-0.1, -0.05) is 63.2 Å². The van der Waals surface area contributed by atoms with Crippen LogP contribution in [0.15, 0.2) is 60.7 Å². The van der Waals surface area contributed by atoms with Crippen LogP contribution in [0.2, 0.25) is 0 Å². The molecule has 3 aromatic carbocycles. The van der Waals surface area contributed by atoms with Crippen LogP contribution in [0.25, 0.3) is 27.8 Å². The standard InChI is InChI=1S/C22H21N3OS/c1-22(2,3)15-11-12-19(26)17(13-15)20-23-24-21(27)25(20)18-10-6-8-14-7-4-5-9-16(14)18/h4-13,26H,1-3H3,(H,24,27). The Bertz CT molecular complexity index is 1190. The zero-order valence-electron chi connectivity index (χ0n) is 15.5. The molecule has 0 aliphatic carbocycles. The van der Waals surface area contributed by atoms with Gasteiger partial charge in [0.15, 0.2) is 10.6 Å². The minimum Gasteiger partial charge on any atom is -0.507 e. The third kappa shape index (κ3) is 3.04. The fraction of sp³-hybridized carbons (Fsp3) is 0.182. The van der Waals surface area contributed by atoms with E-state index in [1.807, 2.05) is 41.0 Å². The van der Waals surface area contributed by atoms with Crippen molar-refractivity contribution in [3.05, 3.63) is 71.0 Å². The number of H-pyrrole nitrogens is 1. The summed E-state index contributed by atoms with van der Waals surface area (Å²) in [5.41, 5.74) is 2.67. The highest BCUT2D eigenvalue weighted by Gasteiger charge is 2.20. The number of fused-ring (bicyclic) bond motifs is 1. The van der Waals surface area contributed by atoms with Crippen molar-refractivity contribution in [3.63, 3.8) is 0 Å². The van der Waals surface area contributed by atoms with Crippen molar-refractivity contribution in [3.8, 4) is 22.8 Å². The van der Waals surface area contributed by atoms with Crippen LogP contribution < -0.4 is 0 Å². The molecular formula is C22H21N3OS. The smallest absolute Gasteiger partial charge is 0.200 e. The molecule has 4 aromatic rings. The summed E-state index contributed by atoms with van der Waals surface area (Å²) in [5, 5.41) is 20.1. The first kappa shape index (κ1) is 17.5. The highest BCUT2D eigenvalue weighted by Crippen LogP contribution is 2.35. The Morgan fingerprint density at radius 2 is 1.74 bits per heavy atom. The first-order valence-electron chi connectivity index (χ1n) is 8.86. The van der Waals surface area contributed by atoms with Gasteiger partial charge in [0, 0.05) is 5.39 Å². The van der Waals surface area contributed by atoms with Gasteiger partial charge in [-0.3, -0.25) is 9.67 Å². The molecule has 0 bridgehead atoms. The van der Waals surface area contributed by atoms with Crippen LogP contribution >= 0.6 is 12.2 Å². The van der Waals surface area contributed by atoms with Gasteiger partial charge < -0.3 is 5.11 Å². The molecule has 0 saturated carbocycles. The fourth-order valence-electron chi connectivity index (χ4n) is 3.29. The molecule has 0 atom stereocenters. The Balaban J connectivity index is 2.01. The lowest BCUT2D eigenvalue weighted by molar-refractivity contribution is 0.475. The molecule has 0 saturated heterocycles. The topological polar surface area (TPSA) is 53.8 Å². The number of nitrogens with zero attached hydrogens (tertiary/aromatic N) is 2. The third-order valence-electron chi connectivity index (χ3n) is 4.78. The molecule has 0 aliphatic heterocycles. The van der Waals surface area contributed by atoms with Crippen LogP contribution in [0.5, 0.6) is 5.75 Å². The van der Waals surface area contributed by atoms with Gasteiger partial charge in [0.1, 0.15) is 5.75 Å². The van der Waals surface area contributed by atoms with Crippen molar-refractivity contribution >= 4 is 23.0 Å². The van der Waals surface area contributed by atoms with Crippen molar-refractivity contribution in [1.29, 1.82) is 0 Å². The maximum Gasteiger partial charge on any atom is 0.200 e. The minimum atomic E-state index is -0.0418. The van der Waals surface area contributed by atoms with E-state index in [9.17, 15) is 5.11 Å². The zero-order chi connectivity index (χ0) is 19.2. The molecule has 4 rings (SSSR count). The number of aromatic amines is 1. The number of hydrogen-bond acceptors (Lipinski definition) is 3. The Hall–Kier alpha value is -2.92. The molecule has 1 heterocycles. The van der Waals surface area contributed by atoms with Crippen molar-refractivity contribution in [1.82, 2.24) is 14.8 Å². The quantitative estimate of drug-likeness (QED) is 0.438. The van der Waals surface area contributed by atoms with E-state index in [1.165, 1.54) is 0 Å². The Morgan fingerprint density at radius 3 is 2.52 bits per heavy atom. The number of aromatic nitrogens is 3. The average molecular weight is 375 g/mol. The van der Waals surface area contributed by atoms with Crippen molar-refractivity contribution < 1.29 is 5.11 Å². The molecule has 1 aromatic heterocycles. The van der Waals surface area contributed by atoms with Gasteiger partial charge in [-0.2, -0.15) is 5.10 Å². The lowest BCUT2D eigenvalue weighted by Crippen LogP contribution is -2.11. The van der Waals surface area contributed by atoms with Crippen molar-refractivity contribution in [2.75, 3.05) is 0 Å². The van der Waals surface area contributed by atoms with E-state index >= 15 is 0 Å². The molecule has 27 heavy (non-hydrogen) atoms. The highest BCUT2D eigenvalue weighted by atomic mass is 32.1. The van der Waals surface area contributed by atoms with Gasteiger partial charge >= 0.3 is 0 Å². The van der Waals surface area contributed by atoms with Crippen LogP contribution in [0.1, 0.15) is 26.3 Å². The van der Waals surface area contributed by atoms with Gasteiger partial charge in [0.25, 0.3) is 0 Å². The summed E-state index contributed by atoms with van der Waals surface area (Å²) in [7, 11) is 0. The second-order valence-corrected chi connectivity index (χ2v) is 8.05. The number of hydrogen-bond donors (Lipinski definition) is 2. The van der Waals surface area contributed by atoms with Crippen LogP contribution in [0.4, 0.5) is 0 Å². The van der Waals surface area contributed by atoms with E-state index < -0.39 is 0 Å². The summed E-state index contributed by atoms with van der Waals surface area (Å²) in [6, 6.07) is 19.9. The van der Waals surface area contributed by atoms with Gasteiger partial charge in [0.05, 0.1) is 11.3 Å². The Kier molecular flexibility index (Phi) is 4.12. The maximum absolute atomic E-state index is 10.5. The number of benzene rings is 3. The van der Waals surface area contributed by atoms with Gasteiger partial charge in [-0.15, -0.1) is 0 Å². The third-order valence-corrected chi connectivity index (χ3v) is 5.06. The molecule has 2 N–H and O–H groups in total. The number of rotatable bonds is 2. The number of nitrogens with one attached hydrogen (secondary N) is 1. The summed E-state index contributed by atoms with van der Waals surface area (Å²) < 4.78 is 2.38. The molecule has 0 amide bonds. The predicted octanol–water partition coefficient (Wildman–Crippen LogP) is 5.75. The molecule has 0 radical (unpaired) electrons. The van der Waals surface area contributed by atoms with E-state index in [-0.39, 0.29) is 11.2 Å². The van der Waals surface area contributed by atoms with E-state index in [1.54, 1.807) is 6.07 Å². The lowest BCUT2D eigenvalue weighted by atomic mass is 9.86. The van der Waals surface area contributed by atoms with Crippen LogP contribution in [0.3, 0.4) is 0 Å². The summed E-state index contributed by atoms with van der Waals surface area (Å²) in [6.07, 6.45) is 0. The summed E-state index contributed by atoms with van der Waals surface area (Å²) in [6.45, 7) is 6.43. The summed E-state index contributed by atoms with van der Waals surface area (Å²) in [5.74, 6) is 0.776. The van der Waals surface area contributed by atoms with E-state index in [2.05, 4.69) is 49.2 Å². The molecule has 0 unspecified atom stereocenters. The fourth-order valence-corrected chi connectivity index (χ4v) is 3.52. The van der Waals surface area contributed by atoms with Gasteiger partial charge in [-0.05, 0) is 46.8 Å². The molecule has 136 valence electrons. The van der Waals surface area contributed by atoms with Gasteiger partial charge in [-0.25, -0.2) is 0 Å². The second-order valence-electron chi connectivity index (χ2n) is 7.67. The normalized spacial score (nSPS) is 11.8. The largest absolute Gasteiger partial charge is 0.507 e. The van der Waals surface area contributed by atoms with Crippen LogP contribution in [0, 0.1) is 4.77 Å². The maximum atomic E-state index is 10.5. The minimum absolute atomic E-state index is 0.0418. The van der Waals surface area contributed by atoms with Crippen molar-refractivity contribution in [2.45, 2.75) is 26.2 Å². The number of phenols is 1. The predicted molar refractivity (Wildman–Crippen MR) is 112 cm³/mol. The van der Waals surface area contributed by atoms with Gasteiger partial charge in [0.2, 0.25) is 0 Å². The first-order chi connectivity index (χ1) is 12.9. The second kappa shape index (κ2) is 6.35. The number of phenolic OH excluding ortho intramolecular Hbond substituents is 1. The SMILES string of the molecule is CC(C)(C)c1ccc(O)c(-c2n[nH]c(=S)n2-c2cccc3ccccc23)c1. The van der Waals surface area contributed by atoms with E-state index in [0.29, 0.717) is 16.2 Å².